The van der Waals surface area contributed by atoms with Crippen LogP contribution in [0.3, 0.4) is 0 Å². The Morgan fingerprint density at radius 2 is 1.52 bits per heavy atom. The number of anilines is 1. The number of piperazine rings is 1. The molecule has 7 nitrogen and oxygen atoms in total. The third kappa shape index (κ3) is 4.63. The fraction of sp³-hybridized carbons (Fsp3) is 0.192. The van der Waals surface area contributed by atoms with Crippen LogP contribution in [0, 0.1) is 0 Å². The smallest absolute Gasteiger partial charge is 0.253 e. The molecule has 0 atom stereocenters. The van der Waals surface area contributed by atoms with Gasteiger partial charge in [-0.05, 0) is 48.5 Å². The Hall–Kier alpha value is -3.97. The normalized spacial score (nSPS) is 14.4. The highest BCUT2D eigenvalue weighted by Gasteiger charge is 2.23. The summed E-state index contributed by atoms with van der Waals surface area (Å²) < 4.78 is 2.02. The lowest BCUT2D eigenvalue weighted by molar-refractivity contribution is -0.117. The molecule has 5 rings (SSSR count). The van der Waals surface area contributed by atoms with Crippen molar-refractivity contribution in [3.8, 4) is 5.69 Å². The average Bonchev–Trinajstić information content (AvgIpc) is 3.29. The second kappa shape index (κ2) is 9.26. The molecular weight excluding hydrogens is 414 g/mol. The van der Waals surface area contributed by atoms with Gasteiger partial charge in [0.05, 0.1) is 17.6 Å². The Morgan fingerprint density at radius 3 is 2.27 bits per heavy atom. The number of para-hydroxylation sites is 3. The lowest BCUT2D eigenvalue weighted by atomic mass is 10.1. The zero-order valence-corrected chi connectivity index (χ0v) is 18.2. The van der Waals surface area contributed by atoms with Gasteiger partial charge in [-0.1, -0.05) is 30.3 Å². The van der Waals surface area contributed by atoms with E-state index in [-0.39, 0.29) is 11.8 Å². The van der Waals surface area contributed by atoms with E-state index in [2.05, 4.69) is 15.2 Å². The van der Waals surface area contributed by atoms with E-state index < -0.39 is 0 Å². The number of hydrogen-bond donors (Lipinski definition) is 1. The van der Waals surface area contributed by atoms with Gasteiger partial charge < -0.3 is 10.2 Å². The van der Waals surface area contributed by atoms with Crippen LogP contribution in [0.5, 0.6) is 0 Å². The highest BCUT2D eigenvalue weighted by molar-refractivity contribution is 5.95. The number of carbonyl (C=O) groups excluding carboxylic acids is 2. The summed E-state index contributed by atoms with van der Waals surface area (Å²) in [6, 6.07) is 25.0. The van der Waals surface area contributed by atoms with Crippen LogP contribution in [0.25, 0.3) is 16.7 Å². The molecule has 1 N–H and O–H groups in total. The SMILES string of the molecule is O=C(CN1CCN(C(=O)c2ccc(-n3cnc4ccccc43)cc2)CC1)Nc1ccccc1. The molecule has 0 bridgehead atoms. The number of aromatic nitrogens is 2. The third-order valence-electron chi connectivity index (χ3n) is 5.93. The maximum Gasteiger partial charge on any atom is 0.253 e. The van der Waals surface area contributed by atoms with Gasteiger partial charge in [-0.25, -0.2) is 4.98 Å². The maximum atomic E-state index is 13.0. The van der Waals surface area contributed by atoms with E-state index >= 15 is 0 Å². The zero-order valence-electron chi connectivity index (χ0n) is 18.2. The van der Waals surface area contributed by atoms with Gasteiger partial charge in [-0.3, -0.25) is 19.1 Å². The molecular formula is C26H25N5O2. The summed E-state index contributed by atoms with van der Waals surface area (Å²) in [5, 5.41) is 2.91. The van der Waals surface area contributed by atoms with Crippen molar-refractivity contribution in [3.63, 3.8) is 0 Å². The summed E-state index contributed by atoms with van der Waals surface area (Å²) in [6.45, 7) is 2.88. The number of benzene rings is 3. The highest BCUT2D eigenvalue weighted by atomic mass is 16.2. The molecule has 1 aromatic heterocycles. The van der Waals surface area contributed by atoms with E-state index in [1.54, 1.807) is 6.33 Å². The Labute approximate surface area is 192 Å². The van der Waals surface area contributed by atoms with Gasteiger partial charge in [-0.15, -0.1) is 0 Å². The summed E-state index contributed by atoms with van der Waals surface area (Å²) in [6.07, 6.45) is 1.80. The summed E-state index contributed by atoms with van der Waals surface area (Å²) in [5.41, 5.74) is 4.40. The quantitative estimate of drug-likeness (QED) is 0.517. The van der Waals surface area contributed by atoms with Gasteiger partial charge in [0.1, 0.15) is 6.33 Å². The van der Waals surface area contributed by atoms with Crippen molar-refractivity contribution in [2.24, 2.45) is 0 Å². The minimum Gasteiger partial charge on any atom is -0.336 e. The van der Waals surface area contributed by atoms with Crippen LogP contribution in [0.2, 0.25) is 0 Å². The van der Waals surface area contributed by atoms with Gasteiger partial charge in [-0.2, -0.15) is 0 Å². The highest BCUT2D eigenvalue weighted by Crippen LogP contribution is 2.19. The first-order valence-corrected chi connectivity index (χ1v) is 11.1. The second-order valence-corrected chi connectivity index (χ2v) is 8.13. The molecule has 2 amide bonds. The van der Waals surface area contributed by atoms with E-state index in [1.807, 2.05) is 88.3 Å². The van der Waals surface area contributed by atoms with E-state index in [4.69, 9.17) is 0 Å². The van der Waals surface area contributed by atoms with Crippen LogP contribution >= 0.6 is 0 Å². The van der Waals surface area contributed by atoms with Crippen LogP contribution in [0.1, 0.15) is 10.4 Å². The molecule has 1 fully saturated rings. The molecule has 0 spiro atoms. The van der Waals surface area contributed by atoms with Crippen LogP contribution < -0.4 is 5.32 Å². The molecule has 0 saturated carbocycles. The van der Waals surface area contributed by atoms with Crippen LogP contribution in [-0.4, -0.2) is 63.9 Å². The molecule has 1 saturated heterocycles. The zero-order chi connectivity index (χ0) is 22.6. The second-order valence-electron chi connectivity index (χ2n) is 8.13. The molecule has 166 valence electrons. The van der Waals surface area contributed by atoms with E-state index in [0.717, 1.165) is 22.4 Å². The summed E-state index contributed by atoms with van der Waals surface area (Å²) in [5.74, 6) is -0.0194. The van der Waals surface area contributed by atoms with E-state index in [0.29, 0.717) is 38.3 Å². The molecule has 0 radical (unpaired) electrons. The van der Waals surface area contributed by atoms with Crippen LogP contribution in [0.4, 0.5) is 5.69 Å². The molecule has 33 heavy (non-hydrogen) atoms. The fourth-order valence-corrected chi connectivity index (χ4v) is 4.15. The number of nitrogens with one attached hydrogen (secondary N) is 1. The minimum absolute atomic E-state index is 0.0189. The van der Waals surface area contributed by atoms with E-state index in [9.17, 15) is 9.59 Å². The van der Waals surface area contributed by atoms with Crippen molar-refractivity contribution in [3.05, 3.63) is 90.8 Å². The fourth-order valence-electron chi connectivity index (χ4n) is 4.15. The summed E-state index contributed by atoms with van der Waals surface area (Å²) >= 11 is 0. The Balaban J connectivity index is 1.17. The lowest BCUT2D eigenvalue weighted by Crippen LogP contribution is -2.50. The third-order valence-corrected chi connectivity index (χ3v) is 5.93. The van der Waals surface area contributed by atoms with Crippen molar-refractivity contribution < 1.29 is 9.59 Å². The number of hydrogen-bond acceptors (Lipinski definition) is 4. The monoisotopic (exact) mass is 439 g/mol. The predicted molar refractivity (Wildman–Crippen MR) is 128 cm³/mol. The van der Waals surface area contributed by atoms with Crippen molar-refractivity contribution >= 4 is 28.5 Å². The summed E-state index contributed by atoms with van der Waals surface area (Å²) in [4.78, 5) is 33.6. The van der Waals surface area contributed by atoms with Gasteiger partial charge in [0.2, 0.25) is 5.91 Å². The number of amides is 2. The first kappa shape index (κ1) is 20.9. The van der Waals surface area contributed by atoms with Gasteiger partial charge in [0, 0.05) is 43.1 Å². The van der Waals surface area contributed by atoms with Crippen LogP contribution in [-0.2, 0) is 4.79 Å². The number of carbonyl (C=O) groups is 2. The first-order valence-electron chi connectivity index (χ1n) is 11.1. The molecule has 1 aliphatic heterocycles. The van der Waals surface area contributed by atoms with Crippen molar-refractivity contribution in [1.29, 1.82) is 0 Å². The predicted octanol–water partition coefficient (Wildman–Crippen LogP) is 3.42. The van der Waals surface area contributed by atoms with Gasteiger partial charge >= 0.3 is 0 Å². The molecule has 3 aromatic carbocycles. The maximum absolute atomic E-state index is 13.0. The largest absolute Gasteiger partial charge is 0.336 e. The molecule has 0 unspecified atom stereocenters. The standard InChI is InChI=1S/C26H25N5O2/c32-25(28-21-6-2-1-3-7-21)18-29-14-16-30(17-15-29)26(33)20-10-12-22(13-11-20)31-19-27-23-8-4-5-9-24(23)31/h1-13,19H,14-18H2,(H,28,32). The van der Waals surface area contributed by atoms with Gasteiger partial charge in [0.25, 0.3) is 5.91 Å². The Bertz CT molecular complexity index is 1260. The topological polar surface area (TPSA) is 70.5 Å². The molecule has 1 aliphatic rings. The van der Waals surface area contributed by atoms with Crippen molar-refractivity contribution in [2.45, 2.75) is 0 Å². The molecule has 4 aromatic rings. The number of nitrogens with zero attached hydrogens (tertiary/aromatic N) is 4. The van der Waals surface area contributed by atoms with Crippen molar-refractivity contribution in [1.82, 2.24) is 19.4 Å². The number of fused-ring (bicyclic) bond motifs is 1. The molecule has 7 heteroatoms. The van der Waals surface area contributed by atoms with Crippen LogP contribution in [0.15, 0.2) is 85.2 Å². The summed E-state index contributed by atoms with van der Waals surface area (Å²) in [7, 11) is 0. The molecule has 0 aliphatic carbocycles. The number of imidazole rings is 1. The number of rotatable bonds is 5. The molecule has 2 heterocycles. The van der Waals surface area contributed by atoms with Crippen molar-refractivity contribution in [2.75, 3.05) is 38.0 Å². The Morgan fingerprint density at radius 1 is 0.818 bits per heavy atom. The average molecular weight is 440 g/mol. The minimum atomic E-state index is -0.0383. The first-order chi connectivity index (χ1) is 16.2. The lowest BCUT2D eigenvalue weighted by Gasteiger charge is -2.34. The van der Waals surface area contributed by atoms with E-state index in [1.165, 1.54) is 0 Å². The Kier molecular flexibility index (Phi) is 5.87. The van der Waals surface area contributed by atoms with Gasteiger partial charge in [0.15, 0.2) is 0 Å².